The highest BCUT2D eigenvalue weighted by atomic mass is 15.4. The Hall–Kier alpha value is -1.09. The SMILES string of the molecule is Cc1cccnc1N(C)N. The molecule has 0 radical (unpaired) electrons. The van der Waals surface area contributed by atoms with E-state index in [1.807, 2.05) is 19.1 Å². The molecule has 10 heavy (non-hydrogen) atoms. The summed E-state index contributed by atoms with van der Waals surface area (Å²) in [7, 11) is 1.77. The molecular formula is C7H11N3. The quantitative estimate of drug-likeness (QED) is 0.457. The Bertz CT molecular complexity index is 220. The van der Waals surface area contributed by atoms with Gasteiger partial charge in [-0.2, -0.15) is 0 Å². The van der Waals surface area contributed by atoms with Crippen molar-refractivity contribution in [2.24, 2.45) is 5.84 Å². The molecule has 3 heteroatoms. The van der Waals surface area contributed by atoms with Gasteiger partial charge in [0.15, 0.2) is 0 Å². The molecule has 3 nitrogen and oxygen atoms in total. The third-order valence-electron chi connectivity index (χ3n) is 1.32. The fourth-order valence-corrected chi connectivity index (χ4v) is 0.847. The van der Waals surface area contributed by atoms with E-state index in [0.717, 1.165) is 11.4 Å². The molecule has 0 fully saturated rings. The second kappa shape index (κ2) is 2.66. The monoisotopic (exact) mass is 137 g/mol. The number of hydrogen-bond acceptors (Lipinski definition) is 3. The molecule has 0 bridgehead atoms. The lowest BCUT2D eigenvalue weighted by molar-refractivity contribution is 0.965. The molecular weight excluding hydrogens is 126 g/mol. The summed E-state index contributed by atoms with van der Waals surface area (Å²) < 4.78 is 0. The van der Waals surface area contributed by atoms with Crippen molar-refractivity contribution in [2.75, 3.05) is 12.1 Å². The fourth-order valence-electron chi connectivity index (χ4n) is 0.847. The molecule has 2 N–H and O–H groups in total. The molecule has 1 aromatic heterocycles. The normalized spacial score (nSPS) is 9.50. The number of aromatic nitrogens is 1. The van der Waals surface area contributed by atoms with Crippen LogP contribution in [0.1, 0.15) is 5.56 Å². The van der Waals surface area contributed by atoms with Crippen molar-refractivity contribution in [3.05, 3.63) is 23.9 Å². The van der Waals surface area contributed by atoms with Crippen LogP contribution >= 0.6 is 0 Å². The van der Waals surface area contributed by atoms with Gasteiger partial charge in [0.25, 0.3) is 0 Å². The molecule has 0 unspecified atom stereocenters. The van der Waals surface area contributed by atoms with Crippen LogP contribution in [-0.2, 0) is 0 Å². The zero-order chi connectivity index (χ0) is 7.56. The van der Waals surface area contributed by atoms with Gasteiger partial charge >= 0.3 is 0 Å². The summed E-state index contributed by atoms with van der Waals surface area (Å²) >= 11 is 0. The molecule has 1 aromatic rings. The maximum Gasteiger partial charge on any atom is 0.145 e. The number of hydrogen-bond donors (Lipinski definition) is 1. The molecule has 0 amide bonds. The molecule has 54 valence electrons. The largest absolute Gasteiger partial charge is 0.298 e. The van der Waals surface area contributed by atoms with Gasteiger partial charge in [-0.25, -0.2) is 10.8 Å². The van der Waals surface area contributed by atoms with Gasteiger partial charge in [-0.1, -0.05) is 6.07 Å². The van der Waals surface area contributed by atoms with Crippen molar-refractivity contribution in [3.63, 3.8) is 0 Å². The first kappa shape index (κ1) is 7.02. The highest BCUT2D eigenvalue weighted by Gasteiger charge is 1.98. The van der Waals surface area contributed by atoms with Crippen LogP contribution in [0, 0.1) is 6.92 Å². The van der Waals surface area contributed by atoms with Crippen LogP contribution in [0.3, 0.4) is 0 Å². The molecule has 0 aliphatic heterocycles. The average Bonchev–Trinajstić information content (AvgIpc) is 1.88. The van der Waals surface area contributed by atoms with Crippen molar-refractivity contribution in [1.29, 1.82) is 0 Å². The summed E-state index contributed by atoms with van der Waals surface area (Å²) in [4.78, 5) is 4.08. The van der Waals surface area contributed by atoms with Crippen LogP contribution in [0.5, 0.6) is 0 Å². The number of aryl methyl sites for hydroxylation is 1. The molecule has 0 saturated heterocycles. The van der Waals surface area contributed by atoms with E-state index in [4.69, 9.17) is 5.84 Å². The van der Waals surface area contributed by atoms with Crippen LogP contribution in [0.25, 0.3) is 0 Å². The second-order valence-electron chi connectivity index (χ2n) is 2.25. The third kappa shape index (κ3) is 1.25. The molecule has 1 heterocycles. The summed E-state index contributed by atoms with van der Waals surface area (Å²) in [5.41, 5.74) is 1.09. The summed E-state index contributed by atoms with van der Waals surface area (Å²) in [6.45, 7) is 1.98. The van der Waals surface area contributed by atoms with E-state index < -0.39 is 0 Å². The summed E-state index contributed by atoms with van der Waals surface area (Å²) in [6.07, 6.45) is 1.73. The number of rotatable bonds is 1. The predicted molar refractivity (Wildman–Crippen MR) is 41.6 cm³/mol. The van der Waals surface area contributed by atoms with E-state index in [0.29, 0.717) is 0 Å². The zero-order valence-corrected chi connectivity index (χ0v) is 6.20. The number of pyridine rings is 1. The number of nitrogens with two attached hydrogens (primary N) is 1. The maximum atomic E-state index is 5.49. The number of anilines is 1. The first-order chi connectivity index (χ1) is 4.72. The van der Waals surface area contributed by atoms with Crippen LogP contribution in [-0.4, -0.2) is 12.0 Å². The molecule has 1 rings (SSSR count). The second-order valence-corrected chi connectivity index (χ2v) is 2.25. The first-order valence-corrected chi connectivity index (χ1v) is 3.12. The summed E-state index contributed by atoms with van der Waals surface area (Å²) in [6, 6.07) is 3.87. The number of hydrazine groups is 1. The predicted octanol–water partition coefficient (Wildman–Crippen LogP) is 0.700. The Morgan fingerprint density at radius 1 is 1.60 bits per heavy atom. The Kier molecular flexibility index (Phi) is 1.87. The minimum atomic E-state index is 0.822. The van der Waals surface area contributed by atoms with Crippen LogP contribution < -0.4 is 10.9 Å². The summed E-state index contributed by atoms with van der Waals surface area (Å²) in [5.74, 6) is 6.31. The van der Waals surface area contributed by atoms with Crippen molar-refractivity contribution >= 4 is 5.82 Å². The van der Waals surface area contributed by atoms with Crippen molar-refractivity contribution in [1.82, 2.24) is 4.98 Å². The van der Waals surface area contributed by atoms with Crippen LogP contribution in [0.4, 0.5) is 5.82 Å². The van der Waals surface area contributed by atoms with E-state index in [-0.39, 0.29) is 0 Å². The Morgan fingerprint density at radius 3 is 2.70 bits per heavy atom. The van der Waals surface area contributed by atoms with Crippen molar-refractivity contribution < 1.29 is 0 Å². The van der Waals surface area contributed by atoms with Gasteiger partial charge in [-0.3, -0.25) is 5.01 Å². The van der Waals surface area contributed by atoms with Gasteiger partial charge in [0.1, 0.15) is 5.82 Å². The Labute approximate surface area is 60.5 Å². The third-order valence-corrected chi connectivity index (χ3v) is 1.32. The molecule has 0 saturated carbocycles. The standard InChI is InChI=1S/C7H11N3/c1-6-4-3-5-9-7(6)10(2)8/h3-5H,8H2,1-2H3. The molecule has 0 aliphatic rings. The molecule has 0 atom stereocenters. The highest BCUT2D eigenvalue weighted by Crippen LogP contribution is 2.09. The van der Waals surface area contributed by atoms with Crippen LogP contribution in [0.2, 0.25) is 0 Å². The lowest BCUT2D eigenvalue weighted by Gasteiger charge is -2.12. The van der Waals surface area contributed by atoms with E-state index in [2.05, 4.69) is 4.98 Å². The van der Waals surface area contributed by atoms with E-state index in [1.165, 1.54) is 5.01 Å². The van der Waals surface area contributed by atoms with Gasteiger partial charge in [-0.15, -0.1) is 0 Å². The van der Waals surface area contributed by atoms with Gasteiger partial charge in [0.05, 0.1) is 0 Å². The minimum absolute atomic E-state index is 0.822. The topological polar surface area (TPSA) is 42.2 Å². The van der Waals surface area contributed by atoms with Crippen molar-refractivity contribution in [3.8, 4) is 0 Å². The average molecular weight is 137 g/mol. The summed E-state index contributed by atoms with van der Waals surface area (Å²) in [5, 5.41) is 1.51. The van der Waals surface area contributed by atoms with E-state index >= 15 is 0 Å². The van der Waals surface area contributed by atoms with E-state index in [1.54, 1.807) is 13.2 Å². The Morgan fingerprint density at radius 2 is 2.30 bits per heavy atom. The fraction of sp³-hybridized carbons (Fsp3) is 0.286. The molecule has 0 spiro atoms. The minimum Gasteiger partial charge on any atom is -0.298 e. The number of nitrogens with zero attached hydrogens (tertiary/aromatic N) is 2. The van der Waals surface area contributed by atoms with Gasteiger partial charge in [-0.05, 0) is 18.6 Å². The van der Waals surface area contributed by atoms with Gasteiger partial charge < -0.3 is 0 Å². The Balaban J connectivity index is 3.03. The van der Waals surface area contributed by atoms with E-state index in [9.17, 15) is 0 Å². The smallest absolute Gasteiger partial charge is 0.145 e. The lowest BCUT2D eigenvalue weighted by Crippen LogP contribution is -2.26. The lowest BCUT2D eigenvalue weighted by atomic mass is 10.3. The maximum absolute atomic E-state index is 5.49. The van der Waals surface area contributed by atoms with Crippen LogP contribution in [0.15, 0.2) is 18.3 Å². The molecule has 0 aromatic carbocycles. The molecule has 0 aliphatic carbocycles. The van der Waals surface area contributed by atoms with Crippen molar-refractivity contribution in [2.45, 2.75) is 6.92 Å². The highest BCUT2D eigenvalue weighted by molar-refractivity contribution is 5.43. The van der Waals surface area contributed by atoms with Gasteiger partial charge in [0.2, 0.25) is 0 Å². The zero-order valence-electron chi connectivity index (χ0n) is 6.20. The van der Waals surface area contributed by atoms with Gasteiger partial charge in [0, 0.05) is 13.2 Å². The first-order valence-electron chi connectivity index (χ1n) is 3.12.